The van der Waals surface area contributed by atoms with Gasteiger partial charge in [-0.25, -0.2) is 0 Å². The largest absolute Gasteiger partial charge is 0.496 e. The predicted molar refractivity (Wildman–Crippen MR) is 70.5 cm³/mol. The van der Waals surface area contributed by atoms with Gasteiger partial charge in [0.05, 0.1) is 30.8 Å². The summed E-state index contributed by atoms with van der Waals surface area (Å²) in [4.78, 5) is 0. The fraction of sp³-hybridized carbons (Fsp3) is 0.500. The summed E-state index contributed by atoms with van der Waals surface area (Å²) in [6.45, 7) is 1.88. The number of halogens is 1. The van der Waals surface area contributed by atoms with Crippen LogP contribution < -0.4 is 15.2 Å². The van der Waals surface area contributed by atoms with Crippen molar-refractivity contribution in [1.82, 2.24) is 0 Å². The summed E-state index contributed by atoms with van der Waals surface area (Å²) in [5, 5.41) is 9.80. The summed E-state index contributed by atoms with van der Waals surface area (Å²) in [6, 6.07) is 3.08. The molecule has 2 atom stereocenters. The Balaban J connectivity index is 3.20. The monoisotopic (exact) mass is 303 g/mol. The van der Waals surface area contributed by atoms with Gasteiger partial charge in [0.2, 0.25) is 0 Å². The van der Waals surface area contributed by atoms with Gasteiger partial charge < -0.3 is 20.3 Å². The van der Waals surface area contributed by atoms with E-state index in [9.17, 15) is 5.11 Å². The number of hydrogen-bond acceptors (Lipinski definition) is 4. The summed E-state index contributed by atoms with van der Waals surface area (Å²) in [5.74, 6) is 1.30. The minimum atomic E-state index is -0.602. The molecule has 1 rings (SSSR count). The predicted octanol–water partition coefficient (Wildman–Crippen LogP) is 2.24. The summed E-state index contributed by atoms with van der Waals surface area (Å²) in [5.41, 5.74) is 6.74. The van der Waals surface area contributed by atoms with Crippen LogP contribution >= 0.6 is 15.9 Å². The molecule has 0 fully saturated rings. The van der Waals surface area contributed by atoms with E-state index >= 15 is 0 Å². The summed E-state index contributed by atoms with van der Waals surface area (Å²) >= 11 is 3.38. The molecule has 1 aromatic carbocycles. The third-order valence-corrected chi connectivity index (χ3v) is 3.32. The lowest BCUT2D eigenvalue weighted by atomic mass is 9.99. The first-order valence-electron chi connectivity index (χ1n) is 5.40. The van der Waals surface area contributed by atoms with E-state index in [1.807, 2.05) is 6.92 Å². The van der Waals surface area contributed by atoms with Crippen LogP contribution in [0.4, 0.5) is 0 Å². The Morgan fingerprint density at radius 1 is 1.29 bits per heavy atom. The number of methoxy groups -OCH3 is 2. The van der Waals surface area contributed by atoms with Gasteiger partial charge in [-0.05, 0) is 34.5 Å². The van der Waals surface area contributed by atoms with E-state index in [1.54, 1.807) is 26.4 Å². The highest BCUT2D eigenvalue weighted by molar-refractivity contribution is 9.10. The van der Waals surface area contributed by atoms with Crippen LogP contribution in [0.3, 0.4) is 0 Å². The number of aliphatic hydroxyl groups is 1. The van der Waals surface area contributed by atoms with Gasteiger partial charge in [-0.15, -0.1) is 0 Å². The average molecular weight is 304 g/mol. The molecule has 0 spiro atoms. The number of ether oxygens (including phenoxy) is 2. The zero-order valence-electron chi connectivity index (χ0n) is 10.2. The van der Waals surface area contributed by atoms with Crippen molar-refractivity contribution < 1.29 is 14.6 Å². The Labute approximate surface area is 110 Å². The quantitative estimate of drug-likeness (QED) is 0.875. The molecule has 0 saturated heterocycles. The maximum Gasteiger partial charge on any atom is 0.133 e. The molecule has 0 aliphatic heterocycles. The zero-order chi connectivity index (χ0) is 13.0. The Hall–Kier alpha value is -0.780. The first kappa shape index (κ1) is 14.3. The Kier molecular flexibility index (Phi) is 5.24. The smallest absolute Gasteiger partial charge is 0.133 e. The van der Waals surface area contributed by atoms with Crippen LogP contribution in [0.1, 0.15) is 24.9 Å². The summed E-state index contributed by atoms with van der Waals surface area (Å²) < 4.78 is 11.3. The second-order valence-corrected chi connectivity index (χ2v) is 4.58. The molecule has 96 valence electrons. The Morgan fingerprint density at radius 3 is 2.35 bits per heavy atom. The summed E-state index contributed by atoms with van der Waals surface area (Å²) in [6.07, 6.45) is -0.0160. The molecule has 0 saturated carbocycles. The molecule has 3 N–H and O–H groups in total. The molecule has 4 nitrogen and oxygen atoms in total. The normalized spacial score (nSPS) is 14.2. The number of rotatable bonds is 5. The van der Waals surface area contributed by atoms with Crippen LogP contribution in [0.2, 0.25) is 0 Å². The molecule has 0 aliphatic rings. The van der Waals surface area contributed by atoms with Gasteiger partial charge >= 0.3 is 0 Å². The lowest BCUT2D eigenvalue weighted by molar-refractivity contribution is 0.139. The van der Waals surface area contributed by atoms with Crippen molar-refractivity contribution >= 4 is 15.9 Å². The maximum absolute atomic E-state index is 9.80. The van der Waals surface area contributed by atoms with Crippen molar-refractivity contribution in [2.75, 3.05) is 14.2 Å². The van der Waals surface area contributed by atoms with Crippen LogP contribution in [0, 0.1) is 0 Å². The molecule has 1 aromatic rings. The van der Waals surface area contributed by atoms with Crippen LogP contribution in [-0.4, -0.2) is 25.4 Å². The van der Waals surface area contributed by atoms with Gasteiger partial charge in [-0.2, -0.15) is 0 Å². The highest BCUT2D eigenvalue weighted by Gasteiger charge is 2.21. The van der Waals surface area contributed by atoms with Crippen LogP contribution in [-0.2, 0) is 0 Å². The van der Waals surface area contributed by atoms with E-state index in [4.69, 9.17) is 15.2 Å². The number of benzene rings is 1. The first-order chi connectivity index (χ1) is 8.04. The molecule has 17 heavy (non-hydrogen) atoms. The van der Waals surface area contributed by atoms with E-state index in [0.29, 0.717) is 17.9 Å². The van der Waals surface area contributed by atoms with Gasteiger partial charge in [0, 0.05) is 5.56 Å². The highest BCUT2D eigenvalue weighted by atomic mass is 79.9. The lowest BCUT2D eigenvalue weighted by Gasteiger charge is -2.21. The van der Waals surface area contributed by atoms with Crippen molar-refractivity contribution in [3.8, 4) is 11.5 Å². The fourth-order valence-corrected chi connectivity index (χ4v) is 2.09. The van der Waals surface area contributed by atoms with Crippen LogP contribution in [0.25, 0.3) is 0 Å². The van der Waals surface area contributed by atoms with Crippen molar-refractivity contribution in [1.29, 1.82) is 0 Å². The molecule has 0 aromatic heterocycles. The minimum Gasteiger partial charge on any atom is -0.496 e. The van der Waals surface area contributed by atoms with Crippen molar-refractivity contribution in [2.45, 2.75) is 25.5 Å². The average Bonchev–Trinajstić information content (AvgIpc) is 2.36. The molecule has 0 aliphatic carbocycles. The molecular formula is C12H18BrNO3. The van der Waals surface area contributed by atoms with Crippen molar-refractivity contribution in [3.05, 3.63) is 22.2 Å². The first-order valence-corrected chi connectivity index (χ1v) is 6.19. The molecule has 5 heteroatoms. The van der Waals surface area contributed by atoms with E-state index in [-0.39, 0.29) is 0 Å². The zero-order valence-corrected chi connectivity index (χ0v) is 11.8. The van der Waals surface area contributed by atoms with Gasteiger partial charge in [0.1, 0.15) is 11.5 Å². The van der Waals surface area contributed by atoms with Crippen LogP contribution in [0.5, 0.6) is 11.5 Å². The van der Waals surface area contributed by atoms with E-state index in [1.165, 1.54) is 0 Å². The van der Waals surface area contributed by atoms with Gasteiger partial charge in [-0.1, -0.05) is 6.92 Å². The number of hydrogen-bond donors (Lipinski definition) is 2. The van der Waals surface area contributed by atoms with E-state index in [2.05, 4.69) is 15.9 Å². The molecule has 0 amide bonds. The SMILES string of the molecule is CC[C@H](O)[C@H](N)c1cc(OC)c(Br)cc1OC. The van der Waals surface area contributed by atoms with Crippen molar-refractivity contribution in [2.24, 2.45) is 5.73 Å². The maximum atomic E-state index is 9.80. The Morgan fingerprint density at radius 2 is 1.88 bits per heavy atom. The third kappa shape index (κ3) is 3.12. The highest BCUT2D eigenvalue weighted by Crippen LogP contribution is 2.36. The molecule has 0 unspecified atom stereocenters. The topological polar surface area (TPSA) is 64.7 Å². The second-order valence-electron chi connectivity index (χ2n) is 3.73. The minimum absolute atomic E-state index is 0.489. The molecular weight excluding hydrogens is 286 g/mol. The summed E-state index contributed by atoms with van der Waals surface area (Å²) in [7, 11) is 3.15. The van der Waals surface area contributed by atoms with Crippen molar-refractivity contribution in [3.63, 3.8) is 0 Å². The number of aliphatic hydroxyl groups excluding tert-OH is 1. The standard InChI is InChI=1S/C12H18BrNO3/c1-4-9(15)12(14)7-5-11(17-3)8(13)6-10(7)16-2/h5-6,9,12,15H,4,14H2,1-3H3/t9-,12+/m0/s1. The van der Waals surface area contributed by atoms with Gasteiger partial charge in [-0.3, -0.25) is 0 Å². The number of nitrogens with two attached hydrogens (primary N) is 1. The fourth-order valence-electron chi connectivity index (χ4n) is 1.61. The second kappa shape index (κ2) is 6.23. The van der Waals surface area contributed by atoms with Gasteiger partial charge in [0.25, 0.3) is 0 Å². The molecule has 0 heterocycles. The van der Waals surface area contributed by atoms with Crippen LogP contribution in [0.15, 0.2) is 16.6 Å². The third-order valence-electron chi connectivity index (χ3n) is 2.70. The lowest BCUT2D eigenvalue weighted by Crippen LogP contribution is -2.26. The van der Waals surface area contributed by atoms with E-state index < -0.39 is 12.1 Å². The van der Waals surface area contributed by atoms with Gasteiger partial charge in [0.15, 0.2) is 0 Å². The van der Waals surface area contributed by atoms with E-state index in [0.717, 1.165) is 10.0 Å². The molecule has 0 bridgehead atoms. The Bertz CT molecular complexity index is 384. The molecule has 0 radical (unpaired) electrons.